The molecule has 0 aliphatic rings. The third-order valence-corrected chi connectivity index (χ3v) is 3.58. The number of H-pyrrole nitrogens is 1. The van der Waals surface area contributed by atoms with Gasteiger partial charge in [0.1, 0.15) is 0 Å². The van der Waals surface area contributed by atoms with E-state index in [2.05, 4.69) is 43.1 Å². The van der Waals surface area contributed by atoms with Gasteiger partial charge in [-0.1, -0.05) is 44.5 Å². The summed E-state index contributed by atoms with van der Waals surface area (Å²) in [6, 6.07) is 8.57. The minimum Gasteiger partial charge on any atom is -0.309 e. The number of rotatable bonds is 5. The van der Waals surface area contributed by atoms with E-state index in [1.807, 2.05) is 7.05 Å². The van der Waals surface area contributed by atoms with Gasteiger partial charge in [-0.15, -0.1) is 0 Å². The standard InChI is InChI=1S/C16H22N2O/c1-4-6-7-12-8-10-13(11-9-12)15-14(5-2)17-16(19)18(15)3/h8-11H,4-7H2,1-3H3,(H,17,19). The van der Waals surface area contributed by atoms with Crippen LogP contribution in [0, 0.1) is 0 Å². The Morgan fingerprint density at radius 1 is 1.16 bits per heavy atom. The number of hydrogen-bond acceptors (Lipinski definition) is 1. The van der Waals surface area contributed by atoms with Gasteiger partial charge in [-0.2, -0.15) is 0 Å². The topological polar surface area (TPSA) is 37.8 Å². The second-order valence-corrected chi connectivity index (χ2v) is 4.97. The van der Waals surface area contributed by atoms with E-state index in [0.717, 1.165) is 29.8 Å². The molecule has 0 amide bonds. The Hall–Kier alpha value is -1.77. The van der Waals surface area contributed by atoms with Crippen LogP contribution >= 0.6 is 0 Å². The van der Waals surface area contributed by atoms with E-state index in [0.29, 0.717) is 0 Å². The summed E-state index contributed by atoms with van der Waals surface area (Å²) in [5.41, 5.74) is 4.45. The molecule has 0 spiro atoms. The molecule has 102 valence electrons. The first-order valence-corrected chi connectivity index (χ1v) is 7.04. The molecule has 0 saturated carbocycles. The van der Waals surface area contributed by atoms with Gasteiger partial charge in [0.05, 0.1) is 5.69 Å². The molecule has 1 aromatic carbocycles. The molecule has 0 atom stereocenters. The van der Waals surface area contributed by atoms with E-state index >= 15 is 0 Å². The number of aryl methyl sites for hydroxylation is 2. The predicted molar refractivity (Wildman–Crippen MR) is 79.5 cm³/mol. The summed E-state index contributed by atoms with van der Waals surface area (Å²) < 4.78 is 1.69. The van der Waals surface area contributed by atoms with Crippen LogP contribution in [0.5, 0.6) is 0 Å². The minimum absolute atomic E-state index is 0.0399. The fourth-order valence-electron chi connectivity index (χ4n) is 2.41. The van der Waals surface area contributed by atoms with Gasteiger partial charge in [0.25, 0.3) is 0 Å². The lowest BCUT2D eigenvalue weighted by atomic mass is 10.0. The van der Waals surface area contributed by atoms with E-state index in [1.165, 1.54) is 18.4 Å². The molecule has 0 unspecified atom stereocenters. The molecule has 1 N–H and O–H groups in total. The van der Waals surface area contributed by atoms with Crippen molar-refractivity contribution in [2.24, 2.45) is 7.05 Å². The van der Waals surface area contributed by atoms with E-state index in [1.54, 1.807) is 4.57 Å². The van der Waals surface area contributed by atoms with Crippen molar-refractivity contribution in [2.75, 3.05) is 0 Å². The third-order valence-electron chi connectivity index (χ3n) is 3.58. The Balaban J connectivity index is 2.34. The monoisotopic (exact) mass is 258 g/mol. The van der Waals surface area contributed by atoms with Gasteiger partial charge in [0.15, 0.2) is 0 Å². The van der Waals surface area contributed by atoms with Crippen LogP contribution in [-0.2, 0) is 19.9 Å². The van der Waals surface area contributed by atoms with Gasteiger partial charge in [-0.3, -0.25) is 4.57 Å². The van der Waals surface area contributed by atoms with E-state index in [9.17, 15) is 4.79 Å². The lowest BCUT2D eigenvalue weighted by molar-refractivity contribution is 0.795. The van der Waals surface area contributed by atoms with Crippen molar-refractivity contribution in [3.8, 4) is 11.3 Å². The molecular formula is C16H22N2O. The van der Waals surface area contributed by atoms with Crippen LogP contribution in [0.2, 0.25) is 0 Å². The van der Waals surface area contributed by atoms with Crippen molar-refractivity contribution in [3.63, 3.8) is 0 Å². The Bertz CT molecular complexity index is 590. The van der Waals surface area contributed by atoms with E-state index in [4.69, 9.17) is 0 Å². The average Bonchev–Trinajstić information content (AvgIpc) is 2.73. The highest BCUT2D eigenvalue weighted by atomic mass is 16.1. The fraction of sp³-hybridized carbons (Fsp3) is 0.438. The van der Waals surface area contributed by atoms with Crippen molar-refractivity contribution in [1.82, 2.24) is 9.55 Å². The van der Waals surface area contributed by atoms with Crippen LogP contribution in [0.1, 0.15) is 37.9 Å². The predicted octanol–water partition coefficient (Wildman–Crippen LogP) is 3.29. The quantitative estimate of drug-likeness (QED) is 0.878. The normalized spacial score (nSPS) is 10.9. The molecule has 0 radical (unpaired) electrons. The van der Waals surface area contributed by atoms with Gasteiger partial charge in [-0.05, 0) is 24.8 Å². The first-order chi connectivity index (χ1) is 9.17. The molecule has 3 nitrogen and oxygen atoms in total. The first kappa shape index (κ1) is 13.7. The molecular weight excluding hydrogens is 236 g/mol. The number of nitrogens with one attached hydrogen (secondary N) is 1. The van der Waals surface area contributed by atoms with Crippen LogP contribution < -0.4 is 5.69 Å². The highest BCUT2D eigenvalue weighted by Crippen LogP contribution is 2.22. The summed E-state index contributed by atoms with van der Waals surface area (Å²) >= 11 is 0. The fourth-order valence-corrected chi connectivity index (χ4v) is 2.41. The highest BCUT2D eigenvalue weighted by molar-refractivity contribution is 5.62. The number of hydrogen-bond donors (Lipinski definition) is 1. The van der Waals surface area contributed by atoms with Crippen molar-refractivity contribution < 1.29 is 0 Å². The average molecular weight is 258 g/mol. The third kappa shape index (κ3) is 2.80. The van der Waals surface area contributed by atoms with Crippen molar-refractivity contribution >= 4 is 0 Å². The maximum atomic E-state index is 11.7. The summed E-state index contributed by atoms with van der Waals surface area (Å²) in [7, 11) is 1.82. The lowest BCUT2D eigenvalue weighted by Gasteiger charge is -2.06. The van der Waals surface area contributed by atoms with Crippen LogP contribution in [0.25, 0.3) is 11.3 Å². The molecule has 0 fully saturated rings. The smallest absolute Gasteiger partial charge is 0.309 e. The van der Waals surface area contributed by atoms with Crippen LogP contribution in [0.15, 0.2) is 29.1 Å². The molecule has 2 aromatic rings. The van der Waals surface area contributed by atoms with E-state index in [-0.39, 0.29) is 5.69 Å². The van der Waals surface area contributed by atoms with Crippen molar-refractivity contribution in [2.45, 2.75) is 39.5 Å². The van der Waals surface area contributed by atoms with Gasteiger partial charge < -0.3 is 4.98 Å². The van der Waals surface area contributed by atoms with Crippen LogP contribution in [0.4, 0.5) is 0 Å². The summed E-state index contributed by atoms with van der Waals surface area (Å²) in [4.78, 5) is 14.6. The molecule has 19 heavy (non-hydrogen) atoms. The largest absolute Gasteiger partial charge is 0.325 e. The lowest BCUT2D eigenvalue weighted by Crippen LogP contribution is -2.13. The van der Waals surface area contributed by atoms with E-state index < -0.39 is 0 Å². The SMILES string of the molecule is CCCCc1ccc(-c2c(CC)[nH]c(=O)n2C)cc1. The number of benzene rings is 1. The molecule has 0 saturated heterocycles. The summed E-state index contributed by atoms with van der Waals surface area (Å²) in [5.74, 6) is 0. The second-order valence-electron chi connectivity index (χ2n) is 4.97. The Labute approximate surface area is 114 Å². The molecule has 0 bridgehead atoms. The molecule has 2 rings (SSSR count). The minimum atomic E-state index is -0.0399. The summed E-state index contributed by atoms with van der Waals surface area (Å²) in [5, 5.41) is 0. The number of unbranched alkanes of at least 4 members (excludes halogenated alkanes) is 1. The molecule has 0 aliphatic heterocycles. The van der Waals surface area contributed by atoms with Crippen LogP contribution in [0.3, 0.4) is 0 Å². The number of aromatic nitrogens is 2. The van der Waals surface area contributed by atoms with Gasteiger partial charge in [0.2, 0.25) is 0 Å². The maximum absolute atomic E-state index is 11.7. The van der Waals surface area contributed by atoms with Gasteiger partial charge in [-0.25, -0.2) is 4.79 Å². The second kappa shape index (κ2) is 5.91. The number of imidazole rings is 1. The first-order valence-electron chi connectivity index (χ1n) is 7.04. The summed E-state index contributed by atoms with van der Waals surface area (Å²) in [6.45, 7) is 4.27. The molecule has 1 aromatic heterocycles. The summed E-state index contributed by atoms with van der Waals surface area (Å²) in [6.07, 6.45) is 4.41. The molecule has 0 aliphatic carbocycles. The Morgan fingerprint density at radius 2 is 1.84 bits per heavy atom. The highest BCUT2D eigenvalue weighted by Gasteiger charge is 2.11. The zero-order valence-corrected chi connectivity index (χ0v) is 12.0. The van der Waals surface area contributed by atoms with Gasteiger partial charge >= 0.3 is 5.69 Å². The van der Waals surface area contributed by atoms with Gasteiger partial charge in [0, 0.05) is 18.3 Å². The Kier molecular flexibility index (Phi) is 4.25. The maximum Gasteiger partial charge on any atom is 0.325 e. The Morgan fingerprint density at radius 3 is 2.42 bits per heavy atom. The van der Waals surface area contributed by atoms with Crippen molar-refractivity contribution in [1.29, 1.82) is 0 Å². The zero-order valence-electron chi connectivity index (χ0n) is 12.0. The van der Waals surface area contributed by atoms with Crippen LogP contribution in [-0.4, -0.2) is 9.55 Å². The number of nitrogens with zero attached hydrogens (tertiary/aromatic N) is 1. The molecule has 3 heteroatoms. The molecule has 1 heterocycles. The zero-order chi connectivity index (χ0) is 13.8. The van der Waals surface area contributed by atoms with Crippen molar-refractivity contribution in [3.05, 3.63) is 46.0 Å². The number of aromatic amines is 1.